The molecule has 0 aromatic rings. The second kappa shape index (κ2) is 41.4. The van der Waals surface area contributed by atoms with E-state index >= 15 is 0 Å². The molecule has 0 aromatic heterocycles. The number of ether oxygens (including phenoxy) is 2. The zero-order chi connectivity index (χ0) is 35.1. The van der Waals surface area contributed by atoms with Gasteiger partial charge in [-0.2, -0.15) is 0 Å². The number of rotatable bonds is 30. The van der Waals surface area contributed by atoms with Crippen LogP contribution in [0.15, 0.2) is 0 Å². The number of hydrogen-bond acceptors (Lipinski definition) is 7. The molecule has 0 aromatic carbocycles. The minimum Gasteiger partial charge on any atom is -0.481 e. The lowest BCUT2D eigenvalue weighted by Gasteiger charge is -2.06. The molecular weight excluding hydrogens is 584 g/mol. The van der Waals surface area contributed by atoms with Crippen molar-refractivity contribution in [2.45, 2.75) is 214 Å². The number of carboxylic acid groups (broad SMARTS) is 1. The fourth-order valence-corrected chi connectivity index (χ4v) is 4.83. The summed E-state index contributed by atoms with van der Waals surface area (Å²) in [5, 5.41) is 25.3. The fourth-order valence-electron chi connectivity index (χ4n) is 4.83. The van der Waals surface area contributed by atoms with Gasteiger partial charge in [-0.3, -0.25) is 4.79 Å². The standard InChI is InChI=1S/C19H38O3.C17H34O3.C2H4O2/c1-3-4-5-6-7-8-9-10-11-12-13-14-15-16-17-22-19(21)18(2)20;1-3-4-5-6-7-8-9-10-11-12-13-14-15-20-17(19)16(2)18;1-2(3)4/h18,20H,3-17H2,1-2H3;16,18H,3-15H2,1-2H3;1H3,(H,3,4). The van der Waals surface area contributed by atoms with Gasteiger partial charge in [-0.1, -0.05) is 168 Å². The zero-order valence-corrected chi connectivity index (χ0v) is 30.8. The molecule has 8 heteroatoms. The lowest BCUT2D eigenvalue weighted by atomic mass is 10.0. The minimum atomic E-state index is -0.994. The first-order valence-electron chi connectivity index (χ1n) is 19.0. The highest BCUT2D eigenvalue weighted by molar-refractivity contribution is 5.74. The summed E-state index contributed by atoms with van der Waals surface area (Å²) in [5.74, 6) is -1.84. The first-order valence-corrected chi connectivity index (χ1v) is 19.0. The molecule has 0 radical (unpaired) electrons. The fraction of sp³-hybridized carbons (Fsp3) is 0.921. The van der Waals surface area contributed by atoms with Crippen LogP contribution in [0.4, 0.5) is 0 Å². The van der Waals surface area contributed by atoms with Crippen molar-refractivity contribution in [3.8, 4) is 0 Å². The van der Waals surface area contributed by atoms with Crippen LogP contribution in [0.5, 0.6) is 0 Å². The number of hydrogen-bond donors (Lipinski definition) is 3. The van der Waals surface area contributed by atoms with Crippen LogP contribution < -0.4 is 0 Å². The Labute approximate surface area is 283 Å². The summed E-state index contributed by atoms with van der Waals surface area (Å²) in [6.45, 7) is 9.37. The van der Waals surface area contributed by atoms with Crippen LogP contribution in [-0.4, -0.2) is 58.6 Å². The second-order valence-corrected chi connectivity index (χ2v) is 12.7. The van der Waals surface area contributed by atoms with Crippen molar-refractivity contribution in [2.75, 3.05) is 13.2 Å². The molecule has 276 valence electrons. The Morgan fingerprint density at radius 1 is 0.435 bits per heavy atom. The van der Waals surface area contributed by atoms with Gasteiger partial charge in [-0.15, -0.1) is 0 Å². The molecule has 8 nitrogen and oxygen atoms in total. The van der Waals surface area contributed by atoms with Gasteiger partial charge in [0.15, 0.2) is 0 Å². The van der Waals surface area contributed by atoms with Gasteiger partial charge >= 0.3 is 11.9 Å². The number of carboxylic acids is 1. The van der Waals surface area contributed by atoms with E-state index in [1.807, 2.05) is 0 Å². The van der Waals surface area contributed by atoms with Crippen LogP contribution in [0.2, 0.25) is 0 Å². The molecule has 0 aliphatic heterocycles. The smallest absolute Gasteiger partial charge is 0.334 e. The molecule has 0 heterocycles. The average Bonchev–Trinajstić information content (AvgIpc) is 3.01. The van der Waals surface area contributed by atoms with Crippen molar-refractivity contribution >= 4 is 17.9 Å². The van der Waals surface area contributed by atoms with Crippen LogP contribution in [0, 0.1) is 0 Å². The highest BCUT2D eigenvalue weighted by atomic mass is 16.5. The van der Waals surface area contributed by atoms with E-state index in [-0.39, 0.29) is 0 Å². The molecule has 0 aliphatic rings. The Morgan fingerprint density at radius 3 is 0.783 bits per heavy atom. The highest BCUT2D eigenvalue weighted by Crippen LogP contribution is 2.14. The van der Waals surface area contributed by atoms with E-state index < -0.39 is 30.1 Å². The van der Waals surface area contributed by atoms with Crippen LogP contribution >= 0.6 is 0 Å². The summed E-state index contributed by atoms with van der Waals surface area (Å²) in [4.78, 5) is 31.0. The summed E-state index contributed by atoms with van der Waals surface area (Å²) in [7, 11) is 0. The summed E-state index contributed by atoms with van der Waals surface area (Å²) in [6.07, 6.45) is 32.0. The van der Waals surface area contributed by atoms with Gasteiger partial charge in [-0.05, 0) is 26.7 Å². The average molecular weight is 661 g/mol. The van der Waals surface area contributed by atoms with Gasteiger partial charge in [0.05, 0.1) is 13.2 Å². The molecule has 0 spiro atoms. The predicted molar refractivity (Wildman–Crippen MR) is 190 cm³/mol. The van der Waals surface area contributed by atoms with Gasteiger partial charge in [0, 0.05) is 6.92 Å². The van der Waals surface area contributed by atoms with Crippen molar-refractivity contribution in [1.29, 1.82) is 0 Å². The van der Waals surface area contributed by atoms with Gasteiger partial charge in [0.1, 0.15) is 12.2 Å². The molecule has 0 bridgehead atoms. The van der Waals surface area contributed by atoms with Crippen LogP contribution in [-0.2, 0) is 23.9 Å². The number of aliphatic hydroxyl groups excluding tert-OH is 2. The third-order valence-electron chi connectivity index (χ3n) is 7.67. The molecular formula is C38H76O8. The lowest BCUT2D eigenvalue weighted by Crippen LogP contribution is -2.19. The van der Waals surface area contributed by atoms with E-state index in [2.05, 4.69) is 13.8 Å². The van der Waals surface area contributed by atoms with Crippen molar-refractivity contribution in [1.82, 2.24) is 0 Å². The van der Waals surface area contributed by atoms with E-state index in [9.17, 15) is 9.59 Å². The number of unbranched alkanes of at least 4 members (excludes halogenated alkanes) is 24. The van der Waals surface area contributed by atoms with Crippen LogP contribution in [0.3, 0.4) is 0 Å². The monoisotopic (exact) mass is 661 g/mol. The Bertz CT molecular complexity index is 632. The lowest BCUT2D eigenvalue weighted by molar-refractivity contribution is -0.153. The molecule has 0 rings (SSSR count). The highest BCUT2D eigenvalue weighted by Gasteiger charge is 2.09. The van der Waals surface area contributed by atoms with Crippen LogP contribution in [0.1, 0.15) is 202 Å². The molecule has 3 N–H and O–H groups in total. The SMILES string of the molecule is CC(=O)O.CCCCCCCCCCCCCCCCOC(=O)C(C)O.CCCCCCCCCCCCCCOC(=O)C(C)O. The minimum absolute atomic E-state index is 0.446. The number of aliphatic carboxylic acids is 1. The molecule has 0 amide bonds. The second-order valence-electron chi connectivity index (χ2n) is 12.7. The third kappa shape index (κ3) is 49.2. The first kappa shape index (κ1) is 48.7. The van der Waals surface area contributed by atoms with E-state index in [1.165, 1.54) is 155 Å². The van der Waals surface area contributed by atoms with Crippen molar-refractivity contribution in [3.63, 3.8) is 0 Å². The maximum atomic E-state index is 11.0. The molecule has 46 heavy (non-hydrogen) atoms. The Balaban J connectivity index is -0.000000721. The Hall–Kier alpha value is -1.67. The number of esters is 2. The summed E-state index contributed by atoms with van der Waals surface area (Å²) in [6, 6.07) is 0. The zero-order valence-electron chi connectivity index (χ0n) is 30.8. The van der Waals surface area contributed by atoms with E-state index in [0.717, 1.165) is 32.6 Å². The van der Waals surface area contributed by atoms with E-state index in [1.54, 1.807) is 0 Å². The normalized spacial score (nSPS) is 11.8. The first-order chi connectivity index (χ1) is 22.1. The summed E-state index contributed by atoms with van der Waals surface area (Å²) < 4.78 is 9.83. The molecule has 2 atom stereocenters. The van der Waals surface area contributed by atoms with Gasteiger partial charge < -0.3 is 24.8 Å². The molecule has 0 saturated heterocycles. The van der Waals surface area contributed by atoms with Gasteiger partial charge in [0.25, 0.3) is 5.97 Å². The quantitative estimate of drug-likeness (QED) is 0.0512. The van der Waals surface area contributed by atoms with Crippen LogP contribution in [0.25, 0.3) is 0 Å². The Kier molecular flexibility index (Phi) is 43.8. The molecule has 0 aliphatic carbocycles. The molecule has 0 fully saturated rings. The molecule has 0 saturated carbocycles. The maximum Gasteiger partial charge on any atom is 0.334 e. The summed E-state index contributed by atoms with van der Waals surface area (Å²) in [5.41, 5.74) is 0. The Morgan fingerprint density at radius 2 is 0.609 bits per heavy atom. The van der Waals surface area contributed by atoms with E-state index in [0.29, 0.717) is 13.2 Å². The molecule has 2 unspecified atom stereocenters. The van der Waals surface area contributed by atoms with Gasteiger partial charge in [-0.25, -0.2) is 9.59 Å². The number of carbonyl (C=O) groups is 3. The van der Waals surface area contributed by atoms with Crippen molar-refractivity contribution in [3.05, 3.63) is 0 Å². The number of carbonyl (C=O) groups excluding carboxylic acids is 2. The largest absolute Gasteiger partial charge is 0.481 e. The van der Waals surface area contributed by atoms with Crippen molar-refractivity contribution < 1.29 is 39.2 Å². The van der Waals surface area contributed by atoms with Gasteiger partial charge in [0.2, 0.25) is 0 Å². The number of aliphatic hydroxyl groups is 2. The van der Waals surface area contributed by atoms with E-state index in [4.69, 9.17) is 29.6 Å². The summed E-state index contributed by atoms with van der Waals surface area (Å²) >= 11 is 0. The van der Waals surface area contributed by atoms with Crippen molar-refractivity contribution in [2.24, 2.45) is 0 Å². The predicted octanol–water partition coefficient (Wildman–Crippen LogP) is 10.1. The third-order valence-corrected chi connectivity index (χ3v) is 7.67. The topological polar surface area (TPSA) is 130 Å². The maximum absolute atomic E-state index is 11.0.